The maximum atomic E-state index is 13.4. The van der Waals surface area contributed by atoms with Gasteiger partial charge in [0.1, 0.15) is 6.10 Å². The van der Waals surface area contributed by atoms with Crippen LogP contribution in [0.25, 0.3) is 0 Å². The van der Waals surface area contributed by atoms with E-state index < -0.39 is 17.7 Å². The van der Waals surface area contributed by atoms with E-state index in [1.165, 1.54) is 31.7 Å². The second-order valence-electron chi connectivity index (χ2n) is 6.65. The van der Waals surface area contributed by atoms with Crippen LogP contribution < -0.4 is 5.32 Å². The van der Waals surface area contributed by atoms with E-state index in [9.17, 15) is 13.6 Å². The van der Waals surface area contributed by atoms with Gasteiger partial charge in [0.05, 0.1) is 13.2 Å². The molecule has 2 amide bonds. The lowest BCUT2D eigenvalue weighted by atomic mass is 10.0. The van der Waals surface area contributed by atoms with Crippen LogP contribution in [0.1, 0.15) is 43.8 Å². The Morgan fingerprint density at radius 1 is 1.25 bits per heavy atom. The maximum Gasteiger partial charge on any atom is 0.317 e. The van der Waals surface area contributed by atoms with Crippen molar-refractivity contribution in [2.75, 3.05) is 26.2 Å². The first kappa shape index (κ1) is 17.1. The number of ether oxygens (including phenoxy) is 1. The summed E-state index contributed by atoms with van der Waals surface area (Å²) >= 11 is 0. The standard InChI is InChI=1S/C18H24F2N2O2/c19-15-6-5-14(11-16(15)20)17-12-22(9-10-24-17)18(23)21-8-7-13-3-1-2-4-13/h5-6,11,13,17H,1-4,7-10,12H2,(H,21,23)/t17-/m0/s1. The molecule has 0 spiro atoms. The smallest absolute Gasteiger partial charge is 0.317 e. The number of rotatable bonds is 4. The number of amides is 2. The quantitative estimate of drug-likeness (QED) is 0.911. The van der Waals surface area contributed by atoms with Gasteiger partial charge in [-0.15, -0.1) is 0 Å². The van der Waals surface area contributed by atoms with Crippen LogP contribution in [0.4, 0.5) is 13.6 Å². The predicted molar refractivity (Wildman–Crippen MR) is 86.6 cm³/mol. The second kappa shape index (κ2) is 7.92. The molecule has 1 N–H and O–H groups in total. The predicted octanol–water partition coefficient (Wildman–Crippen LogP) is 3.63. The van der Waals surface area contributed by atoms with E-state index in [1.807, 2.05) is 0 Å². The summed E-state index contributed by atoms with van der Waals surface area (Å²) in [5.41, 5.74) is 0.553. The third-order valence-electron chi connectivity index (χ3n) is 4.97. The number of halogens is 2. The molecule has 1 saturated heterocycles. The van der Waals surface area contributed by atoms with Crippen molar-refractivity contribution in [2.45, 2.75) is 38.2 Å². The number of carbonyl (C=O) groups is 1. The van der Waals surface area contributed by atoms with Crippen LogP contribution in [0.5, 0.6) is 0 Å². The number of carbonyl (C=O) groups excluding carboxylic acids is 1. The summed E-state index contributed by atoms with van der Waals surface area (Å²) in [4.78, 5) is 14.0. The molecule has 1 aliphatic carbocycles. The normalized spacial score (nSPS) is 21.9. The Kier molecular flexibility index (Phi) is 5.66. The van der Waals surface area contributed by atoms with Crippen LogP contribution in [0.2, 0.25) is 0 Å². The topological polar surface area (TPSA) is 41.6 Å². The van der Waals surface area contributed by atoms with Crippen molar-refractivity contribution < 1.29 is 18.3 Å². The first-order chi connectivity index (χ1) is 11.6. The SMILES string of the molecule is O=C(NCCC1CCCC1)N1CCO[C@H](c2ccc(F)c(F)c2)C1. The van der Waals surface area contributed by atoms with Crippen LogP contribution in [-0.2, 0) is 4.74 Å². The second-order valence-corrected chi connectivity index (χ2v) is 6.65. The third kappa shape index (κ3) is 4.23. The van der Waals surface area contributed by atoms with Gasteiger partial charge in [-0.2, -0.15) is 0 Å². The first-order valence-corrected chi connectivity index (χ1v) is 8.73. The minimum Gasteiger partial charge on any atom is -0.370 e. The van der Waals surface area contributed by atoms with Gasteiger partial charge in [0.25, 0.3) is 0 Å². The van der Waals surface area contributed by atoms with Crippen molar-refractivity contribution >= 4 is 6.03 Å². The molecule has 6 heteroatoms. The van der Waals surface area contributed by atoms with Gasteiger partial charge in [0, 0.05) is 13.1 Å². The van der Waals surface area contributed by atoms with E-state index >= 15 is 0 Å². The zero-order chi connectivity index (χ0) is 16.9. The molecule has 0 radical (unpaired) electrons. The molecule has 1 atom stereocenters. The molecule has 0 bridgehead atoms. The zero-order valence-electron chi connectivity index (χ0n) is 13.8. The van der Waals surface area contributed by atoms with Gasteiger partial charge in [0.15, 0.2) is 11.6 Å². The van der Waals surface area contributed by atoms with Crippen molar-refractivity contribution in [2.24, 2.45) is 5.92 Å². The monoisotopic (exact) mass is 338 g/mol. The molecule has 2 fully saturated rings. The van der Waals surface area contributed by atoms with Crippen molar-refractivity contribution in [3.8, 4) is 0 Å². The summed E-state index contributed by atoms with van der Waals surface area (Å²) in [6.45, 7) is 1.94. The summed E-state index contributed by atoms with van der Waals surface area (Å²) in [7, 11) is 0. The Labute approximate surface area is 141 Å². The van der Waals surface area contributed by atoms with E-state index in [4.69, 9.17) is 4.74 Å². The van der Waals surface area contributed by atoms with Crippen LogP contribution in [0.3, 0.4) is 0 Å². The molecule has 1 heterocycles. The zero-order valence-corrected chi connectivity index (χ0v) is 13.8. The lowest BCUT2D eigenvalue weighted by molar-refractivity contribution is -0.0156. The highest BCUT2D eigenvalue weighted by atomic mass is 19.2. The molecule has 3 rings (SSSR count). The molecule has 1 saturated carbocycles. The number of hydrogen-bond donors (Lipinski definition) is 1. The summed E-state index contributed by atoms with van der Waals surface area (Å²) in [6, 6.07) is 3.63. The van der Waals surface area contributed by atoms with E-state index in [2.05, 4.69) is 5.32 Å². The highest BCUT2D eigenvalue weighted by Gasteiger charge is 2.26. The molecule has 24 heavy (non-hydrogen) atoms. The Hall–Kier alpha value is -1.69. The minimum atomic E-state index is -0.894. The van der Waals surface area contributed by atoms with Crippen molar-refractivity contribution in [1.29, 1.82) is 0 Å². The van der Waals surface area contributed by atoms with Crippen LogP contribution in [0.15, 0.2) is 18.2 Å². The van der Waals surface area contributed by atoms with Crippen molar-refractivity contribution in [3.63, 3.8) is 0 Å². The number of hydrogen-bond acceptors (Lipinski definition) is 2. The van der Waals surface area contributed by atoms with E-state index in [-0.39, 0.29) is 6.03 Å². The van der Waals surface area contributed by atoms with Gasteiger partial charge >= 0.3 is 6.03 Å². The Morgan fingerprint density at radius 2 is 2.04 bits per heavy atom. The molecule has 2 aliphatic rings. The molecular weight excluding hydrogens is 314 g/mol. The summed E-state index contributed by atoms with van der Waals surface area (Å²) in [6.07, 6.45) is 5.75. The lowest BCUT2D eigenvalue weighted by Crippen LogP contribution is -2.47. The molecule has 0 unspecified atom stereocenters. The maximum absolute atomic E-state index is 13.4. The largest absolute Gasteiger partial charge is 0.370 e. The third-order valence-corrected chi connectivity index (χ3v) is 4.97. The molecule has 4 nitrogen and oxygen atoms in total. The Morgan fingerprint density at radius 3 is 2.79 bits per heavy atom. The molecule has 1 aromatic rings. The summed E-state index contributed by atoms with van der Waals surface area (Å²) in [5.74, 6) is -1.03. The van der Waals surface area contributed by atoms with Crippen LogP contribution in [0, 0.1) is 17.6 Å². The van der Waals surface area contributed by atoms with Gasteiger partial charge < -0.3 is 15.0 Å². The molecule has 1 aliphatic heterocycles. The fraction of sp³-hybridized carbons (Fsp3) is 0.611. The number of nitrogens with one attached hydrogen (secondary N) is 1. The fourth-order valence-corrected chi connectivity index (χ4v) is 3.54. The van der Waals surface area contributed by atoms with Crippen LogP contribution in [-0.4, -0.2) is 37.2 Å². The molecule has 132 valence electrons. The van der Waals surface area contributed by atoms with Crippen molar-refractivity contribution in [3.05, 3.63) is 35.4 Å². The minimum absolute atomic E-state index is 0.108. The summed E-state index contributed by atoms with van der Waals surface area (Å²) in [5, 5.41) is 2.97. The average Bonchev–Trinajstić information content (AvgIpc) is 3.11. The van der Waals surface area contributed by atoms with Gasteiger partial charge in [-0.05, 0) is 30.0 Å². The average molecular weight is 338 g/mol. The van der Waals surface area contributed by atoms with Crippen molar-refractivity contribution in [1.82, 2.24) is 10.2 Å². The van der Waals surface area contributed by atoms with E-state index in [1.54, 1.807) is 4.90 Å². The number of morpholine rings is 1. The molecule has 0 aromatic heterocycles. The fourth-order valence-electron chi connectivity index (χ4n) is 3.54. The first-order valence-electron chi connectivity index (χ1n) is 8.73. The Bertz CT molecular complexity index is 576. The van der Waals surface area contributed by atoms with Gasteiger partial charge in [-0.25, -0.2) is 13.6 Å². The van der Waals surface area contributed by atoms with E-state index in [0.29, 0.717) is 31.8 Å². The Balaban J connectivity index is 1.50. The highest BCUT2D eigenvalue weighted by Crippen LogP contribution is 2.27. The van der Waals surface area contributed by atoms with E-state index in [0.717, 1.165) is 24.5 Å². The number of nitrogens with zero attached hydrogens (tertiary/aromatic N) is 1. The summed E-state index contributed by atoms with van der Waals surface area (Å²) < 4.78 is 32.0. The highest BCUT2D eigenvalue weighted by molar-refractivity contribution is 5.74. The van der Waals surface area contributed by atoms with Gasteiger partial charge in [-0.3, -0.25) is 0 Å². The molecule has 1 aromatic carbocycles. The van der Waals surface area contributed by atoms with Gasteiger partial charge in [-0.1, -0.05) is 31.7 Å². The van der Waals surface area contributed by atoms with Crippen LogP contribution >= 0.6 is 0 Å². The number of benzene rings is 1. The number of urea groups is 1. The van der Waals surface area contributed by atoms with Gasteiger partial charge in [0.2, 0.25) is 0 Å². The lowest BCUT2D eigenvalue weighted by Gasteiger charge is -2.33. The molecular formula is C18H24F2N2O2.